The third-order valence-electron chi connectivity index (χ3n) is 4.77. The number of carbonyl (C=O) groups excluding carboxylic acids is 2. The van der Waals surface area contributed by atoms with Crippen molar-refractivity contribution in [3.05, 3.63) is 38.9 Å². The van der Waals surface area contributed by atoms with Crippen molar-refractivity contribution in [1.82, 2.24) is 15.5 Å². The molecule has 0 bridgehead atoms. The van der Waals surface area contributed by atoms with E-state index < -0.39 is 16.9 Å². The number of hydrogen-bond donors (Lipinski definition) is 2. The van der Waals surface area contributed by atoms with Crippen LogP contribution >= 0.6 is 24.0 Å². The Kier molecular flexibility index (Phi) is 9.13. The van der Waals surface area contributed by atoms with Crippen LogP contribution < -0.4 is 10.6 Å². The smallest absolute Gasteiger partial charge is 0.270 e. The predicted molar refractivity (Wildman–Crippen MR) is 110 cm³/mol. The Morgan fingerprint density at radius 3 is 2.57 bits per heavy atom. The number of nitro groups is 1. The molecule has 2 unspecified atom stereocenters. The largest absolute Gasteiger partial charge is 0.340 e. The zero-order valence-electron chi connectivity index (χ0n) is 16.1. The van der Waals surface area contributed by atoms with Crippen molar-refractivity contribution in [3.63, 3.8) is 0 Å². The molecule has 156 valence electrons. The van der Waals surface area contributed by atoms with Crippen molar-refractivity contribution in [3.8, 4) is 0 Å². The lowest BCUT2D eigenvalue weighted by Gasteiger charge is -2.36. The molecule has 0 spiro atoms. The highest BCUT2D eigenvalue weighted by Crippen LogP contribution is 2.23. The maximum Gasteiger partial charge on any atom is 0.270 e. The van der Waals surface area contributed by atoms with Gasteiger partial charge in [0.2, 0.25) is 5.91 Å². The van der Waals surface area contributed by atoms with E-state index in [1.54, 1.807) is 4.90 Å². The number of piperidine rings is 1. The second-order valence-electron chi connectivity index (χ2n) is 7.03. The van der Waals surface area contributed by atoms with Crippen molar-refractivity contribution >= 4 is 41.5 Å². The Bertz CT molecular complexity index is 730. The number of benzene rings is 1. The van der Waals surface area contributed by atoms with E-state index in [9.17, 15) is 19.7 Å². The Hall–Kier alpha value is -1.90. The van der Waals surface area contributed by atoms with Gasteiger partial charge in [0.1, 0.15) is 6.04 Å². The van der Waals surface area contributed by atoms with Crippen LogP contribution in [0.15, 0.2) is 18.2 Å². The van der Waals surface area contributed by atoms with Gasteiger partial charge in [-0.25, -0.2) is 0 Å². The van der Waals surface area contributed by atoms with E-state index in [1.165, 1.54) is 12.1 Å². The number of nitrogens with zero attached hydrogens (tertiary/aromatic N) is 2. The Labute approximate surface area is 175 Å². The fourth-order valence-electron chi connectivity index (χ4n) is 3.14. The molecule has 1 saturated heterocycles. The fraction of sp³-hybridized carbons (Fsp3) is 0.556. The molecule has 0 radical (unpaired) electrons. The third-order valence-corrected chi connectivity index (χ3v) is 5.08. The van der Waals surface area contributed by atoms with Gasteiger partial charge >= 0.3 is 0 Å². The van der Waals surface area contributed by atoms with Gasteiger partial charge in [0.25, 0.3) is 11.6 Å². The first-order valence-corrected chi connectivity index (χ1v) is 9.33. The molecule has 0 aromatic heterocycles. The van der Waals surface area contributed by atoms with Gasteiger partial charge in [-0.1, -0.05) is 25.4 Å². The molecule has 2 rings (SSSR count). The number of halogens is 2. The van der Waals surface area contributed by atoms with E-state index in [1.807, 2.05) is 20.9 Å². The fourth-order valence-corrected chi connectivity index (χ4v) is 3.40. The Balaban J connectivity index is 0.00000392. The van der Waals surface area contributed by atoms with Gasteiger partial charge in [-0.05, 0) is 31.9 Å². The molecule has 2 amide bonds. The number of likely N-dealkylation sites (N-methyl/N-ethyl adjacent to an activating group) is 1. The molecule has 8 nitrogen and oxygen atoms in total. The number of carbonyl (C=O) groups is 2. The average molecular weight is 433 g/mol. The molecule has 1 aliphatic rings. The monoisotopic (exact) mass is 432 g/mol. The van der Waals surface area contributed by atoms with Gasteiger partial charge in [0.15, 0.2) is 0 Å². The summed E-state index contributed by atoms with van der Waals surface area (Å²) in [6, 6.07) is 3.20. The van der Waals surface area contributed by atoms with E-state index in [-0.39, 0.29) is 46.5 Å². The summed E-state index contributed by atoms with van der Waals surface area (Å²) in [5, 5.41) is 16.7. The van der Waals surface area contributed by atoms with Crippen LogP contribution in [0.1, 0.15) is 37.0 Å². The zero-order valence-corrected chi connectivity index (χ0v) is 17.7. The molecule has 1 fully saturated rings. The molecule has 1 aromatic carbocycles. The van der Waals surface area contributed by atoms with Crippen LogP contribution in [0.2, 0.25) is 5.02 Å². The van der Waals surface area contributed by atoms with Crippen molar-refractivity contribution in [2.24, 2.45) is 5.92 Å². The molecule has 1 aromatic rings. The number of nitrogens with one attached hydrogen (secondary N) is 2. The summed E-state index contributed by atoms with van der Waals surface area (Å²) in [5.74, 6) is -0.770. The zero-order chi connectivity index (χ0) is 20.1. The van der Waals surface area contributed by atoms with E-state index in [2.05, 4.69) is 10.6 Å². The van der Waals surface area contributed by atoms with Crippen LogP contribution in [-0.2, 0) is 4.79 Å². The van der Waals surface area contributed by atoms with Crippen LogP contribution in [0.25, 0.3) is 0 Å². The third kappa shape index (κ3) is 5.80. The maximum absolute atomic E-state index is 13.0. The number of rotatable bonds is 6. The first-order chi connectivity index (χ1) is 12.7. The number of likely N-dealkylation sites (tertiary alicyclic amines) is 1. The van der Waals surface area contributed by atoms with Crippen LogP contribution in [0.3, 0.4) is 0 Å². The van der Waals surface area contributed by atoms with E-state index in [0.29, 0.717) is 13.1 Å². The summed E-state index contributed by atoms with van der Waals surface area (Å²) >= 11 is 6.03. The minimum absolute atomic E-state index is 0. The van der Waals surface area contributed by atoms with E-state index in [4.69, 9.17) is 11.6 Å². The molecule has 1 heterocycles. The van der Waals surface area contributed by atoms with Crippen LogP contribution in [-0.4, -0.2) is 53.9 Å². The SMILES string of the molecule is CNC1CCCN(C(=O)C(NC(=O)c2ccc([N+](=O)[O-])cc2Cl)C(C)C)C1.Cl. The molecule has 2 atom stereocenters. The second-order valence-corrected chi connectivity index (χ2v) is 7.44. The molecule has 1 aliphatic heterocycles. The van der Waals surface area contributed by atoms with Crippen molar-refractivity contribution in [2.75, 3.05) is 20.1 Å². The molecule has 0 aliphatic carbocycles. The minimum Gasteiger partial charge on any atom is -0.340 e. The van der Waals surface area contributed by atoms with Crippen molar-refractivity contribution < 1.29 is 14.5 Å². The number of amides is 2. The quantitative estimate of drug-likeness (QED) is 0.530. The summed E-state index contributed by atoms with van der Waals surface area (Å²) < 4.78 is 0. The van der Waals surface area contributed by atoms with Gasteiger partial charge in [-0.3, -0.25) is 19.7 Å². The second kappa shape index (κ2) is 10.6. The van der Waals surface area contributed by atoms with Gasteiger partial charge in [-0.2, -0.15) is 0 Å². The van der Waals surface area contributed by atoms with Crippen LogP contribution in [0.4, 0.5) is 5.69 Å². The summed E-state index contributed by atoms with van der Waals surface area (Å²) in [4.78, 5) is 37.6. The van der Waals surface area contributed by atoms with Gasteiger partial charge < -0.3 is 15.5 Å². The summed E-state index contributed by atoms with van der Waals surface area (Å²) in [6.07, 6.45) is 1.92. The lowest BCUT2D eigenvalue weighted by Crippen LogP contribution is -2.55. The minimum atomic E-state index is -0.695. The molecule has 2 N–H and O–H groups in total. The molecule has 0 saturated carbocycles. The van der Waals surface area contributed by atoms with Crippen LogP contribution in [0.5, 0.6) is 0 Å². The number of hydrogen-bond acceptors (Lipinski definition) is 5. The number of nitro benzene ring substituents is 1. The average Bonchev–Trinajstić information content (AvgIpc) is 2.64. The maximum atomic E-state index is 13.0. The highest BCUT2D eigenvalue weighted by molar-refractivity contribution is 6.34. The summed E-state index contributed by atoms with van der Waals surface area (Å²) in [7, 11) is 1.87. The van der Waals surface area contributed by atoms with Gasteiger partial charge in [-0.15, -0.1) is 12.4 Å². The molecule has 28 heavy (non-hydrogen) atoms. The number of non-ortho nitro benzene ring substituents is 1. The molecular weight excluding hydrogens is 407 g/mol. The van der Waals surface area contributed by atoms with E-state index >= 15 is 0 Å². The topological polar surface area (TPSA) is 105 Å². The van der Waals surface area contributed by atoms with E-state index in [0.717, 1.165) is 18.9 Å². The standard InChI is InChI=1S/C18H25ClN4O4.ClH/c1-11(2)16(18(25)22-8-4-5-12(10-22)20-3)21-17(24)14-7-6-13(23(26)27)9-15(14)19;/h6-7,9,11-12,16,20H,4-5,8,10H2,1-3H3,(H,21,24);1H. The molecular formula is C18H26Cl2N4O4. The summed E-state index contributed by atoms with van der Waals surface area (Å²) in [5.41, 5.74) is -0.0908. The van der Waals surface area contributed by atoms with Gasteiger partial charge in [0, 0.05) is 31.3 Å². The highest BCUT2D eigenvalue weighted by atomic mass is 35.5. The van der Waals surface area contributed by atoms with Crippen molar-refractivity contribution in [2.45, 2.75) is 38.8 Å². The highest BCUT2D eigenvalue weighted by Gasteiger charge is 2.32. The molecule has 10 heteroatoms. The normalized spacial score (nSPS) is 17.6. The predicted octanol–water partition coefficient (Wildman–Crippen LogP) is 2.63. The van der Waals surface area contributed by atoms with Crippen molar-refractivity contribution in [1.29, 1.82) is 0 Å². The lowest BCUT2D eigenvalue weighted by molar-refractivity contribution is -0.384. The van der Waals surface area contributed by atoms with Crippen LogP contribution in [0, 0.1) is 16.0 Å². The first kappa shape index (κ1) is 24.1. The first-order valence-electron chi connectivity index (χ1n) is 8.95. The Morgan fingerprint density at radius 2 is 2.04 bits per heavy atom. The van der Waals surface area contributed by atoms with Gasteiger partial charge in [0.05, 0.1) is 15.5 Å². The lowest BCUT2D eigenvalue weighted by atomic mass is 9.99. The summed E-state index contributed by atoms with van der Waals surface area (Å²) in [6.45, 7) is 4.99. The Morgan fingerprint density at radius 1 is 1.36 bits per heavy atom.